The van der Waals surface area contributed by atoms with Crippen molar-refractivity contribution in [3.63, 3.8) is 0 Å². The first-order chi connectivity index (χ1) is 11.6. The Balaban J connectivity index is 2.00. The van der Waals surface area contributed by atoms with Gasteiger partial charge in [-0.2, -0.15) is 0 Å². The molecule has 2 aromatic carbocycles. The molecule has 126 valence electrons. The van der Waals surface area contributed by atoms with Gasteiger partial charge < -0.3 is 15.4 Å². The van der Waals surface area contributed by atoms with Crippen LogP contribution in [-0.2, 0) is 9.59 Å². The number of hydrogen-bond donors (Lipinski definition) is 2. The van der Waals surface area contributed by atoms with Crippen molar-refractivity contribution in [3.8, 4) is 5.75 Å². The van der Waals surface area contributed by atoms with Gasteiger partial charge in [-0.1, -0.05) is 30.3 Å². The van der Waals surface area contributed by atoms with E-state index in [1.165, 1.54) is 6.92 Å². The summed E-state index contributed by atoms with van der Waals surface area (Å²) in [6.45, 7) is 3.96. The predicted molar refractivity (Wildman–Crippen MR) is 93.9 cm³/mol. The zero-order valence-corrected chi connectivity index (χ0v) is 13.9. The minimum Gasteiger partial charge on any atom is -0.494 e. The summed E-state index contributed by atoms with van der Waals surface area (Å²) in [4.78, 5) is 23.7. The lowest BCUT2D eigenvalue weighted by molar-refractivity contribution is -0.120. The molecule has 0 heterocycles. The molecule has 1 atom stereocenters. The summed E-state index contributed by atoms with van der Waals surface area (Å²) in [5.74, 6) is 0.426. The zero-order chi connectivity index (χ0) is 17.4. The second-order valence-corrected chi connectivity index (χ2v) is 5.37. The summed E-state index contributed by atoms with van der Waals surface area (Å²) in [7, 11) is 0. The molecule has 24 heavy (non-hydrogen) atoms. The molecule has 2 aromatic rings. The number of rotatable bonds is 7. The SMILES string of the molecule is CCOc1ccc(NC(=O)CC(NC(C)=O)c2ccccc2)cc1. The number of amides is 2. The molecule has 0 bridgehead atoms. The van der Waals surface area contributed by atoms with Crippen molar-refractivity contribution in [2.24, 2.45) is 0 Å². The summed E-state index contributed by atoms with van der Waals surface area (Å²) < 4.78 is 5.37. The van der Waals surface area contributed by atoms with Gasteiger partial charge in [0.15, 0.2) is 0 Å². The van der Waals surface area contributed by atoms with Crippen molar-refractivity contribution in [2.75, 3.05) is 11.9 Å². The van der Waals surface area contributed by atoms with Crippen LogP contribution in [0.1, 0.15) is 31.9 Å². The van der Waals surface area contributed by atoms with Crippen LogP contribution in [0, 0.1) is 0 Å². The van der Waals surface area contributed by atoms with Crippen LogP contribution in [0.3, 0.4) is 0 Å². The molecule has 0 aliphatic heterocycles. The van der Waals surface area contributed by atoms with Gasteiger partial charge in [-0.25, -0.2) is 0 Å². The molecule has 0 spiro atoms. The number of carbonyl (C=O) groups excluding carboxylic acids is 2. The third-order valence-corrected chi connectivity index (χ3v) is 3.42. The van der Waals surface area contributed by atoms with Gasteiger partial charge in [-0.3, -0.25) is 9.59 Å². The average Bonchev–Trinajstić information content (AvgIpc) is 2.57. The lowest BCUT2D eigenvalue weighted by Crippen LogP contribution is -2.29. The second kappa shape index (κ2) is 8.72. The molecule has 0 aliphatic rings. The minimum atomic E-state index is -0.355. The van der Waals surface area contributed by atoms with E-state index in [0.717, 1.165) is 11.3 Å². The molecule has 5 heteroatoms. The molecular weight excluding hydrogens is 304 g/mol. The Morgan fingerprint density at radius 2 is 1.71 bits per heavy atom. The van der Waals surface area contributed by atoms with E-state index in [2.05, 4.69) is 10.6 Å². The smallest absolute Gasteiger partial charge is 0.226 e. The third-order valence-electron chi connectivity index (χ3n) is 3.42. The van der Waals surface area contributed by atoms with Crippen LogP contribution in [0.15, 0.2) is 54.6 Å². The van der Waals surface area contributed by atoms with Gasteiger partial charge in [0.1, 0.15) is 5.75 Å². The van der Waals surface area contributed by atoms with E-state index in [9.17, 15) is 9.59 Å². The molecule has 0 aromatic heterocycles. The summed E-state index contributed by atoms with van der Waals surface area (Å²) in [6, 6.07) is 16.3. The first-order valence-electron chi connectivity index (χ1n) is 7.93. The van der Waals surface area contributed by atoms with Crippen LogP contribution in [-0.4, -0.2) is 18.4 Å². The number of ether oxygens (including phenoxy) is 1. The number of carbonyl (C=O) groups is 2. The highest BCUT2D eigenvalue weighted by molar-refractivity contribution is 5.91. The maximum atomic E-state index is 12.3. The fourth-order valence-corrected chi connectivity index (χ4v) is 2.38. The zero-order valence-electron chi connectivity index (χ0n) is 13.9. The van der Waals surface area contributed by atoms with Crippen molar-refractivity contribution in [1.82, 2.24) is 5.32 Å². The van der Waals surface area contributed by atoms with E-state index in [-0.39, 0.29) is 24.3 Å². The topological polar surface area (TPSA) is 67.4 Å². The van der Waals surface area contributed by atoms with Crippen LogP contribution in [0.5, 0.6) is 5.75 Å². The van der Waals surface area contributed by atoms with Gasteiger partial charge in [0, 0.05) is 12.6 Å². The van der Waals surface area contributed by atoms with Crippen LogP contribution >= 0.6 is 0 Å². The van der Waals surface area contributed by atoms with Crippen molar-refractivity contribution in [3.05, 3.63) is 60.2 Å². The van der Waals surface area contributed by atoms with Gasteiger partial charge in [0.2, 0.25) is 11.8 Å². The molecule has 0 saturated carbocycles. The maximum absolute atomic E-state index is 12.3. The summed E-state index contributed by atoms with van der Waals surface area (Å²) in [6.07, 6.45) is 0.163. The van der Waals surface area contributed by atoms with Crippen LogP contribution in [0.2, 0.25) is 0 Å². The largest absolute Gasteiger partial charge is 0.494 e. The van der Waals surface area contributed by atoms with Crippen LogP contribution in [0.4, 0.5) is 5.69 Å². The minimum absolute atomic E-state index is 0.163. The molecular formula is C19H22N2O3. The van der Waals surface area contributed by atoms with Crippen molar-refractivity contribution in [2.45, 2.75) is 26.3 Å². The van der Waals surface area contributed by atoms with E-state index in [1.54, 1.807) is 12.1 Å². The highest BCUT2D eigenvalue weighted by atomic mass is 16.5. The van der Waals surface area contributed by atoms with Crippen molar-refractivity contribution >= 4 is 17.5 Å². The normalized spacial score (nSPS) is 11.4. The van der Waals surface area contributed by atoms with Gasteiger partial charge in [-0.05, 0) is 36.8 Å². The molecule has 5 nitrogen and oxygen atoms in total. The fraction of sp³-hybridized carbons (Fsp3) is 0.263. The fourth-order valence-electron chi connectivity index (χ4n) is 2.38. The predicted octanol–water partition coefficient (Wildman–Crippen LogP) is 3.29. The molecule has 0 saturated heterocycles. The van der Waals surface area contributed by atoms with Gasteiger partial charge in [-0.15, -0.1) is 0 Å². The average molecular weight is 326 g/mol. The quantitative estimate of drug-likeness (QED) is 0.820. The van der Waals surface area contributed by atoms with Crippen molar-refractivity contribution < 1.29 is 14.3 Å². The Morgan fingerprint density at radius 1 is 1.04 bits per heavy atom. The van der Waals surface area contributed by atoms with Crippen LogP contribution < -0.4 is 15.4 Å². The number of hydrogen-bond acceptors (Lipinski definition) is 3. The first kappa shape index (κ1) is 17.5. The van der Waals surface area contributed by atoms with E-state index < -0.39 is 0 Å². The Bertz CT molecular complexity index is 669. The Kier molecular flexibility index (Phi) is 6.37. The highest BCUT2D eigenvalue weighted by Gasteiger charge is 2.17. The Labute approximate surface area is 142 Å². The number of anilines is 1. The number of nitrogens with one attached hydrogen (secondary N) is 2. The molecule has 1 unspecified atom stereocenters. The molecule has 2 amide bonds. The molecule has 2 N–H and O–H groups in total. The van der Waals surface area contributed by atoms with Gasteiger partial charge in [0.25, 0.3) is 0 Å². The summed E-state index contributed by atoms with van der Waals surface area (Å²) in [5.41, 5.74) is 1.59. The summed E-state index contributed by atoms with van der Waals surface area (Å²) >= 11 is 0. The molecule has 0 radical (unpaired) electrons. The van der Waals surface area contributed by atoms with E-state index in [0.29, 0.717) is 12.3 Å². The highest BCUT2D eigenvalue weighted by Crippen LogP contribution is 2.19. The van der Waals surface area contributed by atoms with E-state index >= 15 is 0 Å². The third kappa shape index (κ3) is 5.43. The standard InChI is InChI=1S/C19H22N2O3/c1-3-24-17-11-9-16(10-12-17)21-19(23)13-18(20-14(2)22)15-7-5-4-6-8-15/h4-12,18H,3,13H2,1-2H3,(H,20,22)(H,21,23). The van der Waals surface area contributed by atoms with Gasteiger partial charge in [0.05, 0.1) is 19.1 Å². The monoisotopic (exact) mass is 326 g/mol. The Morgan fingerprint density at radius 3 is 2.29 bits per heavy atom. The number of benzene rings is 2. The van der Waals surface area contributed by atoms with E-state index in [4.69, 9.17) is 4.74 Å². The summed E-state index contributed by atoms with van der Waals surface area (Å²) in [5, 5.41) is 5.66. The van der Waals surface area contributed by atoms with Crippen molar-refractivity contribution in [1.29, 1.82) is 0 Å². The first-order valence-corrected chi connectivity index (χ1v) is 7.93. The molecule has 2 rings (SSSR count). The maximum Gasteiger partial charge on any atom is 0.226 e. The Hall–Kier alpha value is -2.82. The lowest BCUT2D eigenvalue weighted by Gasteiger charge is -2.18. The van der Waals surface area contributed by atoms with Crippen LogP contribution in [0.25, 0.3) is 0 Å². The molecule has 0 aliphatic carbocycles. The second-order valence-electron chi connectivity index (χ2n) is 5.37. The molecule has 0 fully saturated rings. The van der Waals surface area contributed by atoms with Gasteiger partial charge >= 0.3 is 0 Å². The van der Waals surface area contributed by atoms with E-state index in [1.807, 2.05) is 49.4 Å². The lowest BCUT2D eigenvalue weighted by atomic mass is 10.0.